The van der Waals surface area contributed by atoms with Crippen molar-refractivity contribution >= 4 is 16.6 Å². The predicted octanol–water partition coefficient (Wildman–Crippen LogP) is 3.85. The highest BCUT2D eigenvalue weighted by atomic mass is 19.4. The Bertz CT molecular complexity index is 629. The second-order valence-electron chi connectivity index (χ2n) is 3.82. The molecule has 0 unspecified atom stereocenters. The molecule has 0 fully saturated rings. The van der Waals surface area contributed by atoms with Crippen LogP contribution in [0.15, 0.2) is 24.4 Å². The molecule has 1 heterocycles. The van der Waals surface area contributed by atoms with E-state index in [1.807, 2.05) is 0 Å². The standard InChI is InChI=1S/C11H6F6N2/c12-10(13,14)5-3-6-8(18)1-2-19-9(6)7(4-5)11(15,16)17/h1-4H,(H2,18,19). The van der Waals surface area contributed by atoms with Crippen LogP contribution >= 0.6 is 0 Å². The number of rotatable bonds is 0. The van der Waals surface area contributed by atoms with E-state index < -0.39 is 29.0 Å². The number of nitrogens with zero attached hydrogens (tertiary/aromatic N) is 1. The lowest BCUT2D eigenvalue weighted by molar-refractivity contribution is -0.142. The summed E-state index contributed by atoms with van der Waals surface area (Å²) < 4.78 is 76.1. The molecule has 2 aromatic rings. The minimum atomic E-state index is -4.94. The minimum Gasteiger partial charge on any atom is -0.398 e. The molecule has 2 rings (SSSR count). The van der Waals surface area contributed by atoms with Crippen molar-refractivity contribution in [2.45, 2.75) is 12.4 Å². The average molecular weight is 280 g/mol. The molecule has 8 heteroatoms. The van der Waals surface area contributed by atoms with Gasteiger partial charge in [-0.1, -0.05) is 0 Å². The summed E-state index contributed by atoms with van der Waals surface area (Å²) in [6.07, 6.45) is -8.82. The molecule has 1 aromatic heterocycles. The molecule has 0 saturated carbocycles. The van der Waals surface area contributed by atoms with E-state index in [2.05, 4.69) is 4.98 Å². The van der Waals surface area contributed by atoms with Crippen molar-refractivity contribution in [1.82, 2.24) is 4.98 Å². The van der Waals surface area contributed by atoms with E-state index in [0.29, 0.717) is 6.07 Å². The van der Waals surface area contributed by atoms with E-state index in [1.165, 1.54) is 0 Å². The van der Waals surface area contributed by atoms with Crippen LogP contribution in [0.4, 0.5) is 32.0 Å². The molecule has 0 amide bonds. The molecule has 0 bridgehead atoms. The topological polar surface area (TPSA) is 38.9 Å². The number of alkyl halides is 6. The lowest BCUT2D eigenvalue weighted by Crippen LogP contribution is -2.12. The second kappa shape index (κ2) is 4.01. The van der Waals surface area contributed by atoms with E-state index in [1.54, 1.807) is 0 Å². The van der Waals surface area contributed by atoms with Gasteiger partial charge in [0.25, 0.3) is 0 Å². The lowest BCUT2D eigenvalue weighted by Gasteiger charge is -2.14. The Labute approximate surface area is 102 Å². The molecule has 1 aromatic carbocycles. The minimum absolute atomic E-state index is 0.0365. The number of benzene rings is 1. The molecular weight excluding hydrogens is 274 g/mol. The van der Waals surface area contributed by atoms with Crippen LogP contribution in [0.2, 0.25) is 0 Å². The lowest BCUT2D eigenvalue weighted by atomic mass is 10.0. The highest BCUT2D eigenvalue weighted by Crippen LogP contribution is 2.40. The summed E-state index contributed by atoms with van der Waals surface area (Å²) >= 11 is 0. The molecule has 102 valence electrons. The number of hydrogen-bond donors (Lipinski definition) is 1. The summed E-state index contributed by atoms with van der Waals surface area (Å²) in [6.45, 7) is 0. The van der Waals surface area contributed by atoms with Crippen LogP contribution in [0.1, 0.15) is 11.1 Å². The largest absolute Gasteiger partial charge is 0.418 e. The van der Waals surface area contributed by atoms with Gasteiger partial charge in [0, 0.05) is 17.3 Å². The first kappa shape index (κ1) is 13.4. The number of nitrogens with two attached hydrogens (primary N) is 1. The summed E-state index contributed by atoms with van der Waals surface area (Å²) in [7, 11) is 0. The maximum absolute atomic E-state index is 12.8. The fraction of sp³-hybridized carbons (Fsp3) is 0.182. The fourth-order valence-corrected chi connectivity index (χ4v) is 1.66. The van der Waals surface area contributed by atoms with E-state index >= 15 is 0 Å². The molecule has 0 atom stereocenters. The van der Waals surface area contributed by atoms with E-state index in [4.69, 9.17) is 5.73 Å². The van der Waals surface area contributed by atoms with Gasteiger partial charge in [0.2, 0.25) is 0 Å². The Balaban J connectivity index is 2.89. The molecule has 0 spiro atoms. The van der Waals surface area contributed by atoms with Gasteiger partial charge in [-0.25, -0.2) is 0 Å². The van der Waals surface area contributed by atoms with Gasteiger partial charge in [0.05, 0.1) is 16.6 Å². The van der Waals surface area contributed by atoms with Crippen LogP contribution in [-0.4, -0.2) is 4.98 Å². The van der Waals surface area contributed by atoms with E-state index in [9.17, 15) is 26.3 Å². The Kier molecular flexibility index (Phi) is 2.83. The zero-order valence-corrected chi connectivity index (χ0v) is 9.10. The maximum atomic E-state index is 12.8. The van der Waals surface area contributed by atoms with Crippen molar-refractivity contribution in [2.75, 3.05) is 5.73 Å². The first-order valence-corrected chi connectivity index (χ1v) is 4.93. The first-order chi connectivity index (χ1) is 8.60. The third kappa shape index (κ3) is 2.42. The van der Waals surface area contributed by atoms with Gasteiger partial charge in [-0.15, -0.1) is 0 Å². The van der Waals surface area contributed by atoms with Crippen molar-refractivity contribution < 1.29 is 26.3 Å². The zero-order valence-electron chi connectivity index (χ0n) is 9.10. The van der Waals surface area contributed by atoms with Gasteiger partial charge in [0.15, 0.2) is 0 Å². The molecule has 0 aliphatic heterocycles. The van der Waals surface area contributed by atoms with E-state index in [-0.39, 0.29) is 17.1 Å². The van der Waals surface area contributed by atoms with Crippen LogP contribution in [-0.2, 0) is 12.4 Å². The molecule has 0 saturated heterocycles. The number of halogens is 6. The normalized spacial score (nSPS) is 12.9. The number of pyridine rings is 1. The average Bonchev–Trinajstić information content (AvgIpc) is 2.25. The van der Waals surface area contributed by atoms with Crippen LogP contribution < -0.4 is 5.73 Å². The molecular formula is C11H6F6N2. The Morgan fingerprint density at radius 3 is 2.11 bits per heavy atom. The Morgan fingerprint density at radius 2 is 1.58 bits per heavy atom. The number of nitrogen functional groups attached to an aromatic ring is 1. The van der Waals surface area contributed by atoms with Crippen molar-refractivity contribution in [1.29, 1.82) is 0 Å². The highest BCUT2D eigenvalue weighted by Gasteiger charge is 2.38. The summed E-state index contributed by atoms with van der Waals surface area (Å²) in [5.74, 6) is 0. The SMILES string of the molecule is Nc1ccnc2c(C(F)(F)F)cc(C(F)(F)F)cc12. The van der Waals surface area contributed by atoms with Crippen LogP contribution in [0.3, 0.4) is 0 Å². The molecule has 0 aliphatic rings. The summed E-state index contributed by atoms with van der Waals surface area (Å²) in [5, 5.41) is -0.371. The van der Waals surface area contributed by atoms with E-state index in [0.717, 1.165) is 12.3 Å². The van der Waals surface area contributed by atoms with Crippen molar-refractivity contribution in [3.05, 3.63) is 35.5 Å². The Hall–Kier alpha value is -1.99. The number of hydrogen-bond acceptors (Lipinski definition) is 2. The monoisotopic (exact) mass is 280 g/mol. The number of aromatic nitrogens is 1. The zero-order chi connectivity index (χ0) is 14.4. The maximum Gasteiger partial charge on any atom is 0.418 e. The molecule has 0 aliphatic carbocycles. The molecule has 19 heavy (non-hydrogen) atoms. The number of anilines is 1. The van der Waals surface area contributed by atoms with Gasteiger partial charge in [-0.3, -0.25) is 4.98 Å². The van der Waals surface area contributed by atoms with Crippen LogP contribution in [0.5, 0.6) is 0 Å². The van der Waals surface area contributed by atoms with Crippen molar-refractivity contribution in [2.24, 2.45) is 0 Å². The summed E-state index contributed by atoms with van der Waals surface area (Å²) in [4.78, 5) is 3.46. The third-order valence-electron chi connectivity index (χ3n) is 2.51. The molecule has 0 radical (unpaired) electrons. The van der Waals surface area contributed by atoms with Gasteiger partial charge in [0.1, 0.15) is 0 Å². The van der Waals surface area contributed by atoms with Gasteiger partial charge < -0.3 is 5.73 Å². The second-order valence-corrected chi connectivity index (χ2v) is 3.82. The Morgan fingerprint density at radius 1 is 0.947 bits per heavy atom. The quantitative estimate of drug-likeness (QED) is 0.744. The van der Waals surface area contributed by atoms with Gasteiger partial charge >= 0.3 is 12.4 Å². The van der Waals surface area contributed by atoms with Gasteiger partial charge in [-0.05, 0) is 18.2 Å². The summed E-state index contributed by atoms with van der Waals surface area (Å²) in [5.41, 5.74) is 1.75. The fourth-order valence-electron chi connectivity index (χ4n) is 1.66. The van der Waals surface area contributed by atoms with Crippen LogP contribution in [0.25, 0.3) is 10.9 Å². The molecule has 2 nitrogen and oxygen atoms in total. The number of fused-ring (bicyclic) bond motifs is 1. The van der Waals surface area contributed by atoms with Crippen molar-refractivity contribution in [3.8, 4) is 0 Å². The smallest absolute Gasteiger partial charge is 0.398 e. The van der Waals surface area contributed by atoms with Crippen molar-refractivity contribution in [3.63, 3.8) is 0 Å². The predicted molar refractivity (Wildman–Crippen MR) is 56.2 cm³/mol. The first-order valence-electron chi connectivity index (χ1n) is 4.93. The van der Waals surface area contributed by atoms with Gasteiger partial charge in [-0.2, -0.15) is 26.3 Å². The summed E-state index contributed by atoms with van der Waals surface area (Å²) in [6, 6.07) is 1.74. The highest BCUT2D eigenvalue weighted by molar-refractivity contribution is 5.92. The molecule has 2 N–H and O–H groups in total. The third-order valence-corrected chi connectivity index (χ3v) is 2.51. The van der Waals surface area contributed by atoms with Crippen LogP contribution in [0, 0.1) is 0 Å².